The Bertz CT molecular complexity index is 796. The van der Waals surface area contributed by atoms with Crippen LogP contribution in [0.25, 0.3) is 0 Å². The third kappa shape index (κ3) is 5.21. The first kappa shape index (κ1) is 19.3. The second-order valence-electron chi connectivity index (χ2n) is 5.88. The number of amides is 1. The number of rotatable bonds is 5. The summed E-state index contributed by atoms with van der Waals surface area (Å²) in [5.41, 5.74) is 6.88. The molecule has 0 bridgehead atoms. The van der Waals surface area contributed by atoms with E-state index in [1.165, 1.54) is 5.56 Å². The average molecular weight is 379 g/mol. The van der Waals surface area contributed by atoms with Crippen molar-refractivity contribution in [3.05, 3.63) is 62.6 Å². The van der Waals surface area contributed by atoms with E-state index in [1.807, 2.05) is 20.8 Å². The Balaban J connectivity index is 2.00. The number of ether oxygens (including phenoxy) is 1. The number of nitrogens with one attached hydrogen (secondary N) is 1. The van der Waals surface area contributed by atoms with Crippen molar-refractivity contribution in [1.29, 1.82) is 0 Å². The van der Waals surface area contributed by atoms with Gasteiger partial charge < -0.3 is 4.74 Å². The minimum absolute atomic E-state index is 0.349. The molecule has 2 aromatic rings. The second-order valence-corrected chi connectivity index (χ2v) is 6.73. The van der Waals surface area contributed by atoms with Gasteiger partial charge in [-0.2, -0.15) is 5.10 Å². The number of hydrogen-bond donors (Lipinski definition) is 1. The highest BCUT2D eigenvalue weighted by molar-refractivity contribution is 6.35. The van der Waals surface area contributed by atoms with Crippen molar-refractivity contribution >= 4 is 35.3 Å². The first-order valence-corrected chi connectivity index (χ1v) is 8.56. The zero-order valence-electron chi connectivity index (χ0n) is 14.6. The molecule has 4 nitrogen and oxygen atoms in total. The summed E-state index contributed by atoms with van der Waals surface area (Å²) in [6, 6.07) is 8.98. The molecule has 0 saturated heterocycles. The number of hydrazone groups is 1. The van der Waals surface area contributed by atoms with Gasteiger partial charge in [0, 0.05) is 10.6 Å². The van der Waals surface area contributed by atoms with Crippen molar-refractivity contribution in [3.8, 4) is 5.75 Å². The Hall–Kier alpha value is -2.04. The monoisotopic (exact) mass is 378 g/mol. The van der Waals surface area contributed by atoms with E-state index in [1.54, 1.807) is 31.3 Å². The van der Waals surface area contributed by atoms with Gasteiger partial charge in [-0.05, 0) is 57.0 Å². The Labute approximate surface area is 157 Å². The molecule has 0 heterocycles. The van der Waals surface area contributed by atoms with Crippen molar-refractivity contribution in [2.24, 2.45) is 5.10 Å². The average Bonchev–Trinajstić information content (AvgIpc) is 2.52. The van der Waals surface area contributed by atoms with Gasteiger partial charge in [-0.15, -0.1) is 0 Å². The van der Waals surface area contributed by atoms with Gasteiger partial charge in [0.05, 0.1) is 11.2 Å². The second kappa shape index (κ2) is 8.37. The first-order valence-electron chi connectivity index (χ1n) is 7.80. The predicted octanol–water partition coefficient (Wildman–Crippen LogP) is 4.84. The van der Waals surface area contributed by atoms with E-state index in [0.717, 1.165) is 16.7 Å². The first-order chi connectivity index (χ1) is 11.8. The maximum Gasteiger partial charge on any atom is 0.280 e. The number of hydrogen-bond acceptors (Lipinski definition) is 3. The van der Waals surface area contributed by atoms with E-state index >= 15 is 0 Å². The molecule has 25 heavy (non-hydrogen) atoms. The van der Waals surface area contributed by atoms with Crippen LogP contribution in [-0.2, 0) is 4.79 Å². The van der Waals surface area contributed by atoms with Gasteiger partial charge in [-0.3, -0.25) is 4.79 Å². The lowest BCUT2D eigenvalue weighted by Crippen LogP contribution is -2.33. The molecule has 1 unspecified atom stereocenters. The lowest BCUT2D eigenvalue weighted by atomic mass is 10.0. The van der Waals surface area contributed by atoms with Crippen molar-refractivity contribution in [3.63, 3.8) is 0 Å². The van der Waals surface area contributed by atoms with Crippen molar-refractivity contribution in [2.45, 2.75) is 33.8 Å². The molecule has 132 valence electrons. The molecule has 1 atom stereocenters. The maximum atomic E-state index is 12.1. The van der Waals surface area contributed by atoms with Crippen LogP contribution in [-0.4, -0.2) is 18.2 Å². The Morgan fingerprint density at radius 1 is 1.16 bits per heavy atom. The van der Waals surface area contributed by atoms with Crippen LogP contribution in [0.4, 0.5) is 0 Å². The quantitative estimate of drug-likeness (QED) is 0.597. The van der Waals surface area contributed by atoms with Crippen LogP contribution >= 0.6 is 23.2 Å². The fourth-order valence-electron chi connectivity index (χ4n) is 2.46. The van der Waals surface area contributed by atoms with Crippen LogP contribution in [0, 0.1) is 20.8 Å². The summed E-state index contributed by atoms with van der Waals surface area (Å²) >= 11 is 11.9. The number of halogens is 2. The van der Waals surface area contributed by atoms with Crippen LogP contribution in [0.5, 0.6) is 5.75 Å². The van der Waals surface area contributed by atoms with E-state index in [0.29, 0.717) is 15.8 Å². The molecule has 0 aliphatic carbocycles. The molecule has 0 aliphatic heterocycles. The molecule has 0 aromatic heterocycles. The normalized spacial score (nSPS) is 12.2. The highest BCUT2D eigenvalue weighted by atomic mass is 35.5. The molecule has 0 radical (unpaired) electrons. The van der Waals surface area contributed by atoms with Gasteiger partial charge in [-0.25, -0.2) is 5.43 Å². The lowest BCUT2D eigenvalue weighted by molar-refractivity contribution is -0.127. The number of carbonyl (C=O) groups excluding carboxylic acids is 1. The zero-order chi connectivity index (χ0) is 18.6. The molecule has 0 aliphatic rings. The topological polar surface area (TPSA) is 50.7 Å². The van der Waals surface area contributed by atoms with Gasteiger partial charge in [0.15, 0.2) is 6.10 Å². The van der Waals surface area contributed by atoms with Gasteiger partial charge in [0.25, 0.3) is 5.91 Å². The fraction of sp³-hybridized carbons (Fsp3) is 0.263. The Morgan fingerprint density at radius 2 is 1.80 bits per heavy atom. The molecule has 0 fully saturated rings. The molecule has 2 rings (SSSR count). The molecule has 0 saturated carbocycles. The summed E-state index contributed by atoms with van der Waals surface area (Å²) in [4.78, 5) is 12.1. The SMILES string of the molecule is Cc1cc(C)c(C=NNC(=O)C(C)Oc2ccc(Cl)cc2Cl)c(C)c1. The molecule has 0 spiro atoms. The number of carbonyl (C=O) groups is 1. The minimum Gasteiger partial charge on any atom is -0.479 e. The third-order valence-electron chi connectivity index (χ3n) is 3.67. The van der Waals surface area contributed by atoms with E-state index in [-0.39, 0.29) is 5.91 Å². The maximum absolute atomic E-state index is 12.1. The van der Waals surface area contributed by atoms with Crippen LogP contribution < -0.4 is 10.2 Å². The van der Waals surface area contributed by atoms with E-state index < -0.39 is 6.10 Å². The predicted molar refractivity (Wildman–Crippen MR) is 103 cm³/mol. The summed E-state index contributed by atoms with van der Waals surface area (Å²) in [6.07, 6.45) is 0.889. The van der Waals surface area contributed by atoms with E-state index in [4.69, 9.17) is 27.9 Å². The molecule has 1 amide bonds. The standard InChI is InChI=1S/C19H20Cl2N2O2/c1-11-7-12(2)16(13(3)8-11)10-22-23-19(24)14(4)25-18-6-5-15(20)9-17(18)21/h5-10,14H,1-4H3,(H,23,24). The minimum atomic E-state index is -0.754. The van der Waals surface area contributed by atoms with Crippen LogP contribution in [0.2, 0.25) is 10.0 Å². The van der Waals surface area contributed by atoms with Crippen LogP contribution in [0.3, 0.4) is 0 Å². The molecule has 1 N–H and O–H groups in total. The summed E-state index contributed by atoms with van der Waals surface area (Å²) < 4.78 is 5.55. The summed E-state index contributed by atoms with van der Waals surface area (Å²) in [5.74, 6) is 0.0209. The summed E-state index contributed by atoms with van der Waals surface area (Å²) in [6.45, 7) is 7.69. The van der Waals surface area contributed by atoms with Crippen LogP contribution in [0.1, 0.15) is 29.2 Å². The Morgan fingerprint density at radius 3 is 2.40 bits per heavy atom. The molecule has 6 heteroatoms. The molecular formula is C19H20Cl2N2O2. The van der Waals surface area contributed by atoms with Gasteiger partial charge in [0.2, 0.25) is 0 Å². The summed E-state index contributed by atoms with van der Waals surface area (Å²) in [5, 5.41) is 4.88. The van der Waals surface area contributed by atoms with E-state index in [9.17, 15) is 4.79 Å². The van der Waals surface area contributed by atoms with Crippen LogP contribution in [0.15, 0.2) is 35.4 Å². The number of benzene rings is 2. The van der Waals surface area contributed by atoms with Gasteiger partial charge in [-0.1, -0.05) is 40.9 Å². The molecule has 2 aromatic carbocycles. The lowest BCUT2D eigenvalue weighted by Gasteiger charge is -2.14. The van der Waals surface area contributed by atoms with Crippen molar-refractivity contribution in [2.75, 3.05) is 0 Å². The van der Waals surface area contributed by atoms with Gasteiger partial charge in [0.1, 0.15) is 5.75 Å². The molecular weight excluding hydrogens is 359 g/mol. The highest BCUT2D eigenvalue weighted by Gasteiger charge is 2.15. The van der Waals surface area contributed by atoms with Crippen molar-refractivity contribution in [1.82, 2.24) is 5.43 Å². The largest absolute Gasteiger partial charge is 0.479 e. The highest BCUT2D eigenvalue weighted by Crippen LogP contribution is 2.28. The third-order valence-corrected chi connectivity index (χ3v) is 4.20. The number of nitrogens with zero attached hydrogens (tertiary/aromatic N) is 1. The van der Waals surface area contributed by atoms with E-state index in [2.05, 4.69) is 22.7 Å². The summed E-state index contributed by atoms with van der Waals surface area (Å²) in [7, 11) is 0. The zero-order valence-corrected chi connectivity index (χ0v) is 16.1. The fourth-order valence-corrected chi connectivity index (χ4v) is 2.91. The van der Waals surface area contributed by atoms with Gasteiger partial charge >= 0.3 is 0 Å². The number of aryl methyl sites for hydroxylation is 3. The smallest absolute Gasteiger partial charge is 0.280 e. The van der Waals surface area contributed by atoms with Crippen molar-refractivity contribution < 1.29 is 9.53 Å². The Kier molecular flexibility index (Phi) is 6.45.